The van der Waals surface area contributed by atoms with Crippen molar-refractivity contribution in [3.05, 3.63) is 35.4 Å². The Morgan fingerprint density at radius 3 is 2.33 bits per heavy atom. The molecule has 2 nitrogen and oxygen atoms in total. The van der Waals surface area contributed by atoms with Crippen molar-refractivity contribution in [2.24, 2.45) is 5.92 Å². The number of hydrogen-bond acceptors (Lipinski definition) is 2. The molecule has 2 heteroatoms. The average molecular weight is 204 g/mol. The first-order valence-electron chi connectivity index (χ1n) is 5.27. The molecule has 1 aliphatic rings. The van der Waals surface area contributed by atoms with Gasteiger partial charge in [0.05, 0.1) is 12.7 Å². The van der Waals surface area contributed by atoms with Gasteiger partial charge in [0.25, 0.3) is 0 Å². The summed E-state index contributed by atoms with van der Waals surface area (Å²) < 4.78 is 4.66. The van der Waals surface area contributed by atoms with E-state index in [1.807, 2.05) is 24.3 Å². The number of esters is 1. The van der Waals surface area contributed by atoms with Crippen molar-refractivity contribution in [2.75, 3.05) is 7.11 Å². The SMILES string of the molecule is COC(=O)c1ccc(C2(C)CC2C)cc1. The molecule has 0 N–H and O–H groups in total. The largest absolute Gasteiger partial charge is 0.465 e. The molecule has 1 saturated carbocycles. The van der Waals surface area contributed by atoms with Gasteiger partial charge in [-0.15, -0.1) is 0 Å². The lowest BCUT2D eigenvalue weighted by Crippen LogP contribution is -2.05. The summed E-state index contributed by atoms with van der Waals surface area (Å²) in [7, 11) is 1.40. The first kappa shape index (κ1) is 10.2. The Labute approximate surface area is 90.3 Å². The summed E-state index contributed by atoms with van der Waals surface area (Å²) >= 11 is 0. The Hall–Kier alpha value is -1.31. The van der Waals surface area contributed by atoms with Gasteiger partial charge in [0.15, 0.2) is 0 Å². The quantitative estimate of drug-likeness (QED) is 0.692. The van der Waals surface area contributed by atoms with Crippen LogP contribution in [0.15, 0.2) is 24.3 Å². The molecule has 0 heterocycles. The number of carbonyl (C=O) groups excluding carboxylic acids is 1. The lowest BCUT2D eigenvalue weighted by Gasteiger charge is -2.10. The molecular formula is C13H16O2. The average Bonchev–Trinajstić information content (AvgIpc) is 2.87. The molecule has 0 aromatic heterocycles. The van der Waals surface area contributed by atoms with Gasteiger partial charge < -0.3 is 4.74 Å². The molecule has 80 valence electrons. The number of benzene rings is 1. The van der Waals surface area contributed by atoms with Crippen molar-refractivity contribution in [3.8, 4) is 0 Å². The Balaban J connectivity index is 2.22. The van der Waals surface area contributed by atoms with Crippen LogP contribution in [0.4, 0.5) is 0 Å². The molecule has 2 atom stereocenters. The predicted octanol–water partition coefficient (Wildman–Crippen LogP) is 2.77. The Bertz CT molecular complexity index is 380. The van der Waals surface area contributed by atoms with Crippen LogP contribution in [0.25, 0.3) is 0 Å². The third-order valence-electron chi connectivity index (χ3n) is 3.62. The molecule has 0 radical (unpaired) electrons. The van der Waals surface area contributed by atoms with Crippen LogP contribution < -0.4 is 0 Å². The summed E-state index contributed by atoms with van der Waals surface area (Å²) in [5.41, 5.74) is 2.27. The van der Waals surface area contributed by atoms with Gasteiger partial charge in [0.1, 0.15) is 0 Å². The first-order valence-corrected chi connectivity index (χ1v) is 5.27. The molecule has 1 fully saturated rings. The molecule has 0 saturated heterocycles. The molecule has 0 bridgehead atoms. The van der Waals surface area contributed by atoms with Gasteiger partial charge in [-0.2, -0.15) is 0 Å². The number of hydrogen-bond donors (Lipinski definition) is 0. The van der Waals surface area contributed by atoms with Crippen LogP contribution in [0.5, 0.6) is 0 Å². The summed E-state index contributed by atoms with van der Waals surface area (Å²) in [6.45, 7) is 4.53. The topological polar surface area (TPSA) is 26.3 Å². The highest BCUT2D eigenvalue weighted by molar-refractivity contribution is 5.89. The number of rotatable bonds is 2. The third-order valence-corrected chi connectivity index (χ3v) is 3.62. The molecule has 0 aliphatic heterocycles. The summed E-state index contributed by atoms with van der Waals surface area (Å²) in [6.07, 6.45) is 1.24. The van der Waals surface area contributed by atoms with Crippen LogP contribution in [0.3, 0.4) is 0 Å². The third kappa shape index (κ3) is 1.65. The monoisotopic (exact) mass is 204 g/mol. The predicted molar refractivity (Wildman–Crippen MR) is 58.9 cm³/mol. The molecule has 0 spiro atoms. The normalized spacial score (nSPS) is 28.6. The van der Waals surface area contributed by atoms with Crippen LogP contribution in [0.2, 0.25) is 0 Å². The minimum absolute atomic E-state index is 0.268. The fraction of sp³-hybridized carbons (Fsp3) is 0.462. The zero-order valence-electron chi connectivity index (χ0n) is 9.41. The van der Waals surface area contributed by atoms with E-state index >= 15 is 0 Å². The van der Waals surface area contributed by atoms with Gasteiger partial charge in [-0.25, -0.2) is 4.79 Å². The van der Waals surface area contributed by atoms with Gasteiger partial charge in [0.2, 0.25) is 0 Å². The van der Waals surface area contributed by atoms with Gasteiger partial charge in [-0.05, 0) is 35.4 Å². The molecule has 1 aromatic carbocycles. The van der Waals surface area contributed by atoms with Crippen molar-refractivity contribution >= 4 is 5.97 Å². The maximum absolute atomic E-state index is 11.2. The Kier molecular flexibility index (Phi) is 2.29. The summed E-state index contributed by atoms with van der Waals surface area (Å²) in [5, 5.41) is 0. The minimum Gasteiger partial charge on any atom is -0.465 e. The molecule has 2 rings (SSSR count). The number of ether oxygens (including phenoxy) is 1. The van der Waals surface area contributed by atoms with Crippen molar-refractivity contribution in [1.29, 1.82) is 0 Å². The van der Waals surface area contributed by atoms with Gasteiger partial charge in [-0.3, -0.25) is 0 Å². The lowest BCUT2D eigenvalue weighted by atomic mass is 9.95. The van der Waals surface area contributed by atoms with E-state index in [-0.39, 0.29) is 5.97 Å². The van der Waals surface area contributed by atoms with Crippen LogP contribution in [0.1, 0.15) is 36.2 Å². The Morgan fingerprint density at radius 2 is 1.93 bits per heavy atom. The van der Waals surface area contributed by atoms with Crippen LogP contribution in [-0.2, 0) is 10.2 Å². The smallest absolute Gasteiger partial charge is 0.337 e. The van der Waals surface area contributed by atoms with Crippen molar-refractivity contribution < 1.29 is 9.53 Å². The van der Waals surface area contributed by atoms with Crippen molar-refractivity contribution in [3.63, 3.8) is 0 Å². The van der Waals surface area contributed by atoms with E-state index < -0.39 is 0 Å². The van der Waals surface area contributed by atoms with Crippen molar-refractivity contribution in [1.82, 2.24) is 0 Å². The zero-order valence-corrected chi connectivity index (χ0v) is 9.41. The van der Waals surface area contributed by atoms with E-state index in [9.17, 15) is 4.79 Å². The summed E-state index contributed by atoms with van der Waals surface area (Å²) in [6, 6.07) is 7.76. The van der Waals surface area contributed by atoms with Gasteiger partial charge in [-0.1, -0.05) is 26.0 Å². The second kappa shape index (κ2) is 3.37. The highest BCUT2D eigenvalue weighted by atomic mass is 16.5. The van der Waals surface area contributed by atoms with E-state index in [0.29, 0.717) is 11.0 Å². The molecule has 15 heavy (non-hydrogen) atoms. The van der Waals surface area contributed by atoms with Gasteiger partial charge >= 0.3 is 5.97 Å². The van der Waals surface area contributed by atoms with Crippen LogP contribution in [-0.4, -0.2) is 13.1 Å². The second-order valence-corrected chi connectivity index (χ2v) is 4.59. The molecule has 1 aromatic rings. The summed E-state index contributed by atoms with van der Waals surface area (Å²) in [5.74, 6) is 0.483. The number of carbonyl (C=O) groups is 1. The maximum atomic E-state index is 11.2. The highest BCUT2D eigenvalue weighted by Gasteiger charge is 2.47. The lowest BCUT2D eigenvalue weighted by molar-refractivity contribution is 0.0600. The highest BCUT2D eigenvalue weighted by Crippen LogP contribution is 2.53. The van der Waals surface area contributed by atoms with Crippen LogP contribution >= 0.6 is 0 Å². The van der Waals surface area contributed by atoms with Gasteiger partial charge in [0, 0.05) is 0 Å². The second-order valence-electron chi connectivity index (χ2n) is 4.59. The van der Waals surface area contributed by atoms with Crippen molar-refractivity contribution in [2.45, 2.75) is 25.7 Å². The minimum atomic E-state index is -0.268. The van der Waals surface area contributed by atoms with E-state index in [2.05, 4.69) is 18.6 Å². The standard InChI is InChI=1S/C13H16O2/c1-9-8-13(9,2)11-6-4-10(5-7-11)12(14)15-3/h4-7,9H,8H2,1-3H3. The fourth-order valence-corrected chi connectivity index (χ4v) is 2.08. The molecule has 2 unspecified atom stereocenters. The summed E-state index contributed by atoms with van der Waals surface area (Å²) in [4.78, 5) is 11.2. The zero-order chi connectivity index (χ0) is 11.1. The van der Waals surface area contributed by atoms with E-state index in [1.165, 1.54) is 19.1 Å². The molecule has 0 amide bonds. The molecule has 1 aliphatic carbocycles. The van der Waals surface area contributed by atoms with Crippen LogP contribution in [0, 0.1) is 5.92 Å². The van der Waals surface area contributed by atoms with E-state index in [0.717, 1.165) is 5.92 Å². The maximum Gasteiger partial charge on any atom is 0.337 e. The first-order chi connectivity index (χ1) is 7.08. The Morgan fingerprint density at radius 1 is 1.40 bits per heavy atom. The van der Waals surface area contributed by atoms with E-state index in [4.69, 9.17) is 0 Å². The fourth-order valence-electron chi connectivity index (χ4n) is 2.08. The molecular weight excluding hydrogens is 188 g/mol. The number of methoxy groups -OCH3 is 1. The van der Waals surface area contributed by atoms with E-state index in [1.54, 1.807) is 0 Å².